The molecule has 3 rings (SSSR count). The predicted octanol–water partition coefficient (Wildman–Crippen LogP) is 0.843. The van der Waals surface area contributed by atoms with Crippen molar-refractivity contribution in [2.45, 2.75) is 44.6 Å². The summed E-state index contributed by atoms with van der Waals surface area (Å²) < 4.78 is 37.1. The van der Waals surface area contributed by atoms with Gasteiger partial charge in [-0.25, -0.2) is 8.42 Å². The van der Waals surface area contributed by atoms with Crippen LogP contribution in [0.15, 0.2) is 4.52 Å². The average molecular weight is 359 g/mol. The van der Waals surface area contributed by atoms with E-state index in [9.17, 15) is 13.5 Å². The molecule has 24 heavy (non-hydrogen) atoms. The highest BCUT2D eigenvalue weighted by molar-refractivity contribution is 7.89. The number of rotatable bonds is 5. The Morgan fingerprint density at radius 2 is 2.08 bits per heavy atom. The maximum Gasteiger partial charge on any atom is 0.260 e. The first kappa shape index (κ1) is 17.8. The molecule has 2 fully saturated rings. The minimum Gasteiger partial charge on any atom is -0.381 e. The number of aliphatic hydroxyl groups is 1. The molecule has 3 heterocycles. The first-order chi connectivity index (χ1) is 11.3. The van der Waals surface area contributed by atoms with Crippen molar-refractivity contribution in [1.29, 1.82) is 0 Å². The molecule has 0 unspecified atom stereocenters. The van der Waals surface area contributed by atoms with Crippen LogP contribution in [0.5, 0.6) is 0 Å². The van der Waals surface area contributed by atoms with E-state index in [-0.39, 0.29) is 43.0 Å². The zero-order valence-electron chi connectivity index (χ0n) is 14.1. The molecule has 0 spiro atoms. The summed E-state index contributed by atoms with van der Waals surface area (Å²) in [5.74, 6) is 0.930. The lowest BCUT2D eigenvalue weighted by Gasteiger charge is -2.25. The van der Waals surface area contributed by atoms with Gasteiger partial charge in [0.05, 0.1) is 12.3 Å². The van der Waals surface area contributed by atoms with Crippen LogP contribution in [-0.2, 0) is 20.4 Å². The number of sulfonamides is 1. The summed E-state index contributed by atoms with van der Waals surface area (Å²) in [6.45, 7) is 5.32. The van der Waals surface area contributed by atoms with Crippen molar-refractivity contribution < 1.29 is 22.8 Å². The number of aromatic nitrogens is 2. The molecule has 0 radical (unpaired) electrons. The molecule has 0 aromatic carbocycles. The Balaban J connectivity index is 1.68. The second kappa shape index (κ2) is 6.70. The second-order valence-corrected chi connectivity index (χ2v) is 9.08. The van der Waals surface area contributed by atoms with Gasteiger partial charge in [0.2, 0.25) is 10.0 Å². The molecule has 0 saturated carbocycles. The van der Waals surface area contributed by atoms with Crippen LogP contribution in [0.3, 0.4) is 0 Å². The van der Waals surface area contributed by atoms with Gasteiger partial charge in [0.25, 0.3) is 5.89 Å². The van der Waals surface area contributed by atoms with Crippen LogP contribution in [-0.4, -0.2) is 60.0 Å². The van der Waals surface area contributed by atoms with Crippen LogP contribution in [0.25, 0.3) is 0 Å². The highest BCUT2D eigenvalue weighted by Gasteiger charge is 2.46. The fraction of sp³-hybridized carbons (Fsp3) is 0.867. The summed E-state index contributed by atoms with van der Waals surface area (Å²) >= 11 is 0. The Labute approximate surface area is 142 Å². The third-order valence-electron chi connectivity index (χ3n) is 4.75. The lowest BCUT2D eigenvalue weighted by Crippen LogP contribution is -2.38. The number of nitrogens with zero attached hydrogens (tertiary/aromatic N) is 3. The van der Waals surface area contributed by atoms with Gasteiger partial charge in [-0.05, 0) is 18.8 Å². The van der Waals surface area contributed by atoms with Crippen LogP contribution in [0, 0.1) is 5.92 Å². The third-order valence-corrected chi connectivity index (χ3v) is 6.74. The van der Waals surface area contributed by atoms with Crippen LogP contribution in [0.2, 0.25) is 0 Å². The van der Waals surface area contributed by atoms with Crippen molar-refractivity contribution in [2.75, 3.05) is 32.1 Å². The van der Waals surface area contributed by atoms with Crippen LogP contribution >= 0.6 is 0 Å². The molecule has 136 valence electrons. The van der Waals surface area contributed by atoms with Crippen molar-refractivity contribution in [3.63, 3.8) is 0 Å². The topological polar surface area (TPSA) is 106 Å². The molecule has 2 saturated heterocycles. The maximum atomic E-state index is 12.6. The first-order valence-electron chi connectivity index (χ1n) is 8.42. The van der Waals surface area contributed by atoms with Crippen LogP contribution in [0.1, 0.15) is 50.7 Å². The molecule has 0 amide bonds. The van der Waals surface area contributed by atoms with Crippen molar-refractivity contribution >= 4 is 10.0 Å². The summed E-state index contributed by atoms with van der Waals surface area (Å²) in [4.78, 5) is 4.23. The normalized spacial score (nSPS) is 27.2. The van der Waals surface area contributed by atoms with E-state index in [2.05, 4.69) is 10.1 Å². The zero-order valence-corrected chi connectivity index (χ0v) is 15.0. The smallest absolute Gasteiger partial charge is 0.260 e. The summed E-state index contributed by atoms with van der Waals surface area (Å²) in [6, 6.07) is 0. The molecule has 1 atom stereocenters. The van der Waals surface area contributed by atoms with Crippen molar-refractivity contribution in [1.82, 2.24) is 14.4 Å². The quantitative estimate of drug-likeness (QED) is 0.830. The van der Waals surface area contributed by atoms with Gasteiger partial charge in [-0.2, -0.15) is 9.29 Å². The third kappa shape index (κ3) is 3.63. The van der Waals surface area contributed by atoms with Crippen LogP contribution < -0.4 is 0 Å². The second-order valence-electron chi connectivity index (χ2n) is 7.06. The molecule has 8 nitrogen and oxygen atoms in total. The summed E-state index contributed by atoms with van der Waals surface area (Å²) in [5, 5.41) is 14.6. The zero-order chi connectivity index (χ0) is 17.4. The van der Waals surface area contributed by atoms with E-state index in [4.69, 9.17) is 9.26 Å². The molecule has 1 N–H and O–H groups in total. The maximum absolute atomic E-state index is 12.6. The molecule has 1 aromatic rings. The summed E-state index contributed by atoms with van der Waals surface area (Å²) in [7, 11) is -3.42. The van der Waals surface area contributed by atoms with Gasteiger partial charge >= 0.3 is 0 Å². The SMILES string of the molecule is CC(C)c1noc([C@]2(O)CCN(S(=O)(=O)CC3CCOCC3)C2)n1. The Morgan fingerprint density at radius 1 is 1.38 bits per heavy atom. The highest BCUT2D eigenvalue weighted by atomic mass is 32.2. The van der Waals surface area contributed by atoms with E-state index < -0.39 is 15.6 Å². The van der Waals surface area contributed by atoms with Crippen molar-refractivity contribution in [3.05, 3.63) is 11.7 Å². The number of β-amino-alcohol motifs (C(OH)–C–C–N with tert-alkyl or cyclic N) is 1. The minimum atomic E-state index is -3.42. The van der Waals surface area contributed by atoms with Crippen molar-refractivity contribution in [3.8, 4) is 0 Å². The van der Waals surface area contributed by atoms with E-state index in [0.29, 0.717) is 19.0 Å². The monoisotopic (exact) mass is 359 g/mol. The molecule has 0 bridgehead atoms. The Morgan fingerprint density at radius 3 is 2.71 bits per heavy atom. The van der Waals surface area contributed by atoms with E-state index in [1.807, 2.05) is 13.8 Å². The van der Waals surface area contributed by atoms with Gasteiger partial charge in [-0.15, -0.1) is 0 Å². The predicted molar refractivity (Wildman–Crippen MR) is 85.8 cm³/mol. The number of ether oxygens (including phenoxy) is 1. The van der Waals surface area contributed by atoms with Gasteiger partial charge in [-0.3, -0.25) is 0 Å². The first-order valence-corrected chi connectivity index (χ1v) is 10.0. The van der Waals surface area contributed by atoms with Gasteiger partial charge in [0.1, 0.15) is 0 Å². The Hall–Kier alpha value is -1.03. The minimum absolute atomic E-state index is 0.0295. The molecule has 9 heteroatoms. The van der Waals surface area contributed by atoms with Gasteiger partial charge in [0.15, 0.2) is 11.4 Å². The molecule has 2 aliphatic rings. The van der Waals surface area contributed by atoms with Gasteiger partial charge in [-0.1, -0.05) is 19.0 Å². The number of hydrogen-bond donors (Lipinski definition) is 1. The van der Waals surface area contributed by atoms with Crippen molar-refractivity contribution in [2.24, 2.45) is 5.92 Å². The molecule has 0 aliphatic carbocycles. The molecular weight excluding hydrogens is 334 g/mol. The standard InChI is InChI=1S/C15H25N3O5S/c1-11(2)13-16-14(23-17-13)15(19)5-6-18(10-15)24(20,21)9-12-3-7-22-8-4-12/h11-12,19H,3-10H2,1-2H3/t15-/m0/s1. The molecule has 2 aliphatic heterocycles. The van der Waals surface area contributed by atoms with Gasteiger partial charge < -0.3 is 14.4 Å². The summed E-state index contributed by atoms with van der Waals surface area (Å²) in [6.07, 6.45) is 1.79. The molecule has 1 aromatic heterocycles. The summed E-state index contributed by atoms with van der Waals surface area (Å²) in [5.41, 5.74) is -1.40. The van der Waals surface area contributed by atoms with E-state index in [1.165, 1.54) is 4.31 Å². The van der Waals surface area contributed by atoms with E-state index in [1.54, 1.807) is 0 Å². The Bertz CT molecular complexity index is 668. The van der Waals surface area contributed by atoms with Gasteiger partial charge in [0, 0.05) is 32.1 Å². The van der Waals surface area contributed by atoms with E-state index in [0.717, 1.165) is 12.8 Å². The lowest BCUT2D eigenvalue weighted by molar-refractivity contribution is 0.0193. The largest absolute Gasteiger partial charge is 0.381 e. The van der Waals surface area contributed by atoms with E-state index >= 15 is 0 Å². The van der Waals surface area contributed by atoms with Crippen LogP contribution in [0.4, 0.5) is 0 Å². The lowest BCUT2D eigenvalue weighted by atomic mass is 10.0. The number of hydrogen-bond acceptors (Lipinski definition) is 7. The molecular formula is C15H25N3O5S. The fourth-order valence-corrected chi connectivity index (χ4v) is 5.07. The highest BCUT2D eigenvalue weighted by Crippen LogP contribution is 2.33. The Kier molecular flexibility index (Phi) is 4.96. The average Bonchev–Trinajstić information content (AvgIpc) is 3.16. The fourth-order valence-electron chi connectivity index (χ4n) is 3.15.